The number of ether oxygens (including phenoxy) is 1. The predicted octanol–water partition coefficient (Wildman–Crippen LogP) is 3.66. The van der Waals surface area contributed by atoms with Crippen LogP contribution < -0.4 is 5.56 Å². The summed E-state index contributed by atoms with van der Waals surface area (Å²) in [6, 6.07) is 13.1. The molecular formula is C20H20N2O3S. The topological polar surface area (TPSA) is 61.2 Å². The van der Waals surface area contributed by atoms with E-state index in [0.29, 0.717) is 22.7 Å². The van der Waals surface area contributed by atoms with Crippen molar-refractivity contribution in [2.45, 2.75) is 25.9 Å². The van der Waals surface area contributed by atoms with Crippen LogP contribution in [0.25, 0.3) is 16.6 Å². The summed E-state index contributed by atoms with van der Waals surface area (Å²) >= 11 is 1.21. The molecule has 5 nitrogen and oxygen atoms in total. The van der Waals surface area contributed by atoms with Crippen LogP contribution in [0.5, 0.6) is 0 Å². The number of hydrogen-bond donors (Lipinski definition) is 0. The Labute approximate surface area is 156 Å². The summed E-state index contributed by atoms with van der Waals surface area (Å²) in [5, 5.41) is 1.03. The molecule has 0 atom stereocenters. The van der Waals surface area contributed by atoms with Gasteiger partial charge in [-0.1, -0.05) is 36.0 Å². The van der Waals surface area contributed by atoms with Gasteiger partial charge in [-0.15, -0.1) is 0 Å². The summed E-state index contributed by atoms with van der Waals surface area (Å²) in [7, 11) is 0. The molecular weight excluding hydrogens is 348 g/mol. The molecule has 3 aromatic rings. The summed E-state index contributed by atoms with van der Waals surface area (Å²) in [4.78, 5) is 29.6. The highest BCUT2D eigenvalue weighted by molar-refractivity contribution is 7.99. The molecule has 1 aromatic heterocycles. The normalized spacial score (nSPS) is 10.9. The van der Waals surface area contributed by atoms with Crippen LogP contribution >= 0.6 is 11.8 Å². The molecule has 0 aliphatic carbocycles. The predicted molar refractivity (Wildman–Crippen MR) is 104 cm³/mol. The number of aryl methyl sites for hydroxylation is 1. The van der Waals surface area contributed by atoms with Crippen molar-refractivity contribution >= 4 is 28.6 Å². The van der Waals surface area contributed by atoms with Gasteiger partial charge in [0.15, 0.2) is 5.16 Å². The second kappa shape index (κ2) is 7.74. The van der Waals surface area contributed by atoms with Crippen LogP contribution in [-0.2, 0) is 9.53 Å². The zero-order chi connectivity index (χ0) is 18.7. The van der Waals surface area contributed by atoms with Gasteiger partial charge < -0.3 is 4.74 Å². The first-order valence-corrected chi connectivity index (χ1v) is 9.38. The average molecular weight is 368 g/mol. The van der Waals surface area contributed by atoms with Gasteiger partial charge in [0.2, 0.25) is 0 Å². The van der Waals surface area contributed by atoms with Crippen molar-refractivity contribution in [3.05, 3.63) is 63.9 Å². The molecule has 0 radical (unpaired) electrons. The number of rotatable bonds is 5. The third-order valence-electron chi connectivity index (χ3n) is 4.19. The smallest absolute Gasteiger partial charge is 0.316 e. The monoisotopic (exact) mass is 368 g/mol. The quantitative estimate of drug-likeness (QED) is 0.391. The van der Waals surface area contributed by atoms with Gasteiger partial charge in [0.1, 0.15) is 0 Å². The third-order valence-corrected chi connectivity index (χ3v) is 5.10. The molecule has 3 rings (SSSR count). The number of carbonyl (C=O) groups is 1. The highest BCUT2D eigenvalue weighted by Gasteiger charge is 2.16. The molecule has 0 spiro atoms. The van der Waals surface area contributed by atoms with Crippen molar-refractivity contribution in [3.63, 3.8) is 0 Å². The van der Waals surface area contributed by atoms with Gasteiger partial charge in [-0.2, -0.15) is 0 Å². The first-order valence-electron chi connectivity index (χ1n) is 8.39. The van der Waals surface area contributed by atoms with E-state index in [1.807, 2.05) is 44.2 Å². The van der Waals surface area contributed by atoms with Crippen molar-refractivity contribution in [2.75, 3.05) is 12.4 Å². The number of aromatic nitrogens is 2. The van der Waals surface area contributed by atoms with Gasteiger partial charge in [0, 0.05) is 0 Å². The molecule has 0 amide bonds. The molecule has 0 aliphatic rings. The zero-order valence-corrected chi connectivity index (χ0v) is 15.8. The van der Waals surface area contributed by atoms with Gasteiger partial charge in [0.25, 0.3) is 5.56 Å². The molecule has 1 heterocycles. The molecule has 0 fully saturated rings. The van der Waals surface area contributed by atoms with Gasteiger partial charge >= 0.3 is 5.97 Å². The van der Waals surface area contributed by atoms with E-state index >= 15 is 0 Å². The molecule has 0 saturated heterocycles. The fourth-order valence-corrected chi connectivity index (χ4v) is 3.53. The highest BCUT2D eigenvalue weighted by Crippen LogP contribution is 2.24. The van der Waals surface area contributed by atoms with Crippen LogP contribution in [0.1, 0.15) is 18.1 Å². The Hall–Kier alpha value is -2.60. The zero-order valence-electron chi connectivity index (χ0n) is 15.0. The average Bonchev–Trinajstić information content (AvgIpc) is 2.63. The Morgan fingerprint density at radius 2 is 1.92 bits per heavy atom. The van der Waals surface area contributed by atoms with E-state index in [0.717, 1.165) is 16.8 Å². The largest absolute Gasteiger partial charge is 0.465 e. The van der Waals surface area contributed by atoms with Crippen LogP contribution in [-0.4, -0.2) is 27.9 Å². The van der Waals surface area contributed by atoms with E-state index in [9.17, 15) is 9.59 Å². The van der Waals surface area contributed by atoms with Crippen molar-refractivity contribution < 1.29 is 9.53 Å². The lowest BCUT2D eigenvalue weighted by Crippen LogP contribution is -2.23. The van der Waals surface area contributed by atoms with E-state index in [2.05, 4.69) is 4.98 Å². The molecule has 26 heavy (non-hydrogen) atoms. The Morgan fingerprint density at radius 3 is 2.69 bits per heavy atom. The summed E-state index contributed by atoms with van der Waals surface area (Å²) in [6.45, 7) is 6.08. The second-order valence-electron chi connectivity index (χ2n) is 5.86. The highest BCUT2D eigenvalue weighted by atomic mass is 32.2. The number of carbonyl (C=O) groups excluding carboxylic acids is 1. The molecule has 0 saturated carbocycles. The Kier molecular flexibility index (Phi) is 5.42. The maximum Gasteiger partial charge on any atom is 0.316 e. The number of thioether (sulfide) groups is 1. The van der Waals surface area contributed by atoms with E-state index in [1.54, 1.807) is 23.6 Å². The van der Waals surface area contributed by atoms with E-state index in [4.69, 9.17) is 4.74 Å². The standard InChI is InChI=1S/C20H20N2O3S/c1-4-25-18(23)12-26-20-21-16-10-6-5-9-15(16)19(24)22(20)17-11-7-8-13(2)14(17)3/h5-11H,4,12H2,1-3H3. The third kappa shape index (κ3) is 3.51. The Morgan fingerprint density at radius 1 is 1.15 bits per heavy atom. The number of benzene rings is 2. The van der Waals surface area contributed by atoms with Crippen LogP contribution in [0.3, 0.4) is 0 Å². The number of fused-ring (bicyclic) bond motifs is 1. The van der Waals surface area contributed by atoms with Gasteiger partial charge in [0.05, 0.1) is 29.0 Å². The molecule has 2 aromatic carbocycles. The van der Waals surface area contributed by atoms with Crippen LogP contribution in [0.15, 0.2) is 52.4 Å². The SMILES string of the molecule is CCOC(=O)CSc1nc2ccccc2c(=O)n1-c1cccc(C)c1C. The minimum Gasteiger partial charge on any atom is -0.465 e. The molecule has 0 bridgehead atoms. The number of esters is 1. The van der Waals surface area contributed by atoms with Gasteiger partial charge in [-0.3, -0.25) is 14.2 Å². The number of para-hydroxylation sites is 1. The van der Waals surface area contributed by atoms with E-state index in [1.165, 1.54) is 11.8 Å². The second-order valence-corrected chi connectivity index (χ2v) is 6.81. The van der Waals surface area contributed by atoms with E-state index in [-0.39, 0.29) is 17.3 Å². The van der Waals surface area contributed by atoms with Crippen molar-refractivity contribution in [2.24, 2.45) is 0 Å². The fraction of sp³-hybridized carbons (Fsp3) is 0.250. The van der Waals surface area contributed by atoms with E-state index < -0.39 is 0 Å². The van der Waals surface area contributed by atoms with Crippen LogP contribution in [0.4, 0.5) is 0 Å². The fourth-order valence-electron chi connectivity index (χ4n) is 2.73. The summed E-state index contributed by atoms with van der Waals surface area (Å²) in [6.07, 6.45) is 0. The molecule has 134 valence electrons. The number of nitrogens with zero attached hydrogens (tertiary/aromatic N) is 2. The minimum absolute atomic E-state index is 0.101. The first-order chi connectivity index (χ1) is 12.5. The lowest BCUT2D eigenvalue weighted by molar-refractivity contribution is -0.139. The van der Waals surface area contributed by atoms with Crippen molar-refractivity contribution in [1.29, 1.82) is 0 Å². The number of hydrogen-bond acceptors (Lipinski definition) is 5. The van der Waals surface area contributed by atoms with Crippen molar-refractivity contribution in [3.8, 4) is 5.69 Å². The van der Waals surface area contributed by atoms with Gasteiger partial charge in [-0.05, 0) is 50.1 Å². The minimum atomic E-state index is -0.326. The van der Waals surface area contributed by atoms with Crippen LogP contribution in [0, 0.1) is 13.8 Å². The van der Waals surface area contributed by atoms with Crippen molar-refractivity contribution in [1.82, 2.24) is 9.55 Å². The Bertz CT molecular complexity index is 1030. The summed E-state index contributed by atoms with van der Waals surface area (Å²) in [5.41, 5.74) is 3.34. The molecule has 0 aliphatic heterocycles. The van der Waals surface area contributed by atoms with Gasteiger partial charge in [-0.25, -0.2) is 4.98 Å². The lowest BCUT2D eigenvalue weighted by Gasteiger charge is -2.16. The van der Waals surface area contributed by atoms with Crippen LogP contribution in [0.2, 0.25) is 0 Å². The molecule has 0 N–H and O–H groups in total. The Balaban J connectivity index is 2.19. The molecule has 0 unspecified atom stereocenters. The molecule has 6 heteroatoms. The maximum absolute atomic E-state index is 13.2. The summed E-state index contributed by atoms with van der Waals surface area (Å²) < 4.78 is 6.59. The maximum atomic E-state index is 13.2. The lowest BCUT2D eigenvalue weighted by atomic mass is 10.1. The first kappa shape index (κ1) is 18.2. The summed E-state index contributed by atoms with van der Waals surface area (Å²) in [5.74, 6) is -0.226.